The number of rotatable bonds is 3. The molecule has 0 atom stereocenters. The van der Waals surface area contributed by atoms with Gasteiger partial charge in [-0.3, -0.25) is 9.36 Å². The molecule has 0 aliphatic carbocycles. The zero-order valence-electron chi connectivity index (χ0n) is 12.2. The van der Waals surface area contributed by atoms with Crippen LogP contribution in [0.4, 0.5) is 0 Å². The molecular formula is C16H13Cl2N3O2. The van der Waals surface area contributed by atoms with E-state index < -0.39 is 0 Å². The first kappa shape index (κ1) is 15.6. The minimum absolute atomic E-state index is 0.217. The van der Waals surface area contributed by atoms with E-state index in [0.717, 1.165) is 11.1 Å². The van der Waals surface area contributed by atoms with Gasteiger partial charge in [0.1, 0.15) is 0 Å². The lowest BCUT2D eigenvalue weighted by atomic mass is 10.1. The molecule has 3 aromatic rings. The maximum absolute atomic E-state index is 12.3. The number of hydrogen-bond donors (Lipinski definition) is 2. The van der Waals surface area contributed by atoms with E-state index in [4.69, 9.17) is 23.2 Å². The summed E-state index contributed by atoms with van der Waals surface area (Å²) in [4.78, 5) is 26.5. The number of fused-ring (bicyclic) bond motifs is 1. The van der Waals surface area contributed by atoms with E-state index in [0.29, 0.717) is 21.1 Å². The lowest BCUT2D eigenvalue weighted by Crippen LogP contribution is -2.22. The lowest BCUT2D eigenvalue weighted by molar-refractivity contribution is 0.0951. The van der Waals surface area contributed by atoms with Gasteiger partial charge in [-0.2, -0.15) is 0 Å². The molecule has 0 fully saturated rings. The van der Waals surface area contributed by atoms with Crippen LogP contribution in [0.1, 0.15) is 15.9 Å². The van der Waals surface area contributed by atoms with Gasteiger partial charge in [0.2, 0.25) is 0 Å². The van der Waals surface area contributed by atoms with Crippen LogP contribution in [0, 0.1) is 0 Å². The highest BCUT2D eigenvalue weighted by atomic mass is 35.5. The fourth-order valence-corrected chi connectivity index (χ4v) is 2.80. The van der Waals surface area contributed by atoms with Crippen molar-refractivity contribution in [3.05, 3.63) is 68.1 Å². The molecule has 0 saturated carbocycles. The molecule has 0 aliphatic rings. The van der Waals surface area contributed by atoms with Gasteiger partial charge in [0.05, 0.1) is 11.0 Å². The van der Waals surface area contributed by atoms with E-state index in [1.165, 1.54) is 4.57 Å². The van der Waals surface area contributed by atoms with E-state index in [2.05, 4.69) is 10.3 Å². The molecule has 0 radical (unpaired) electrons. The maximum atomic E-state index is 12.3. The molecule has 5 nitrogen and oxygen atoms in total. The third-order valence-electron chi connectivity index (χ3n) is 3.62. The van der Waals surface area contributed by atoms with Crippen LogP contribution in [0.3, 0.4) is 0 Å². The van der Waals surface area contributed by atoms with E-state index in [1.54, 1.807) is 43.4 Å². The second-order valence-corrected chi connectivity index (χ2v) is 5.98. The number of imidazole rings is 1. The average molecular weight is 350 g/mol. The van der Waals surface area contributed by atoms with Gasteiger partial charge in [0.15, 0.2) is 0 Å². The van der Waals surface area contributed by atoms with E-state index in [1.807, 2.05) is 0 Å². The Kier molecular flexibility index (Phi) is 4.15. The highest BCUT2D eigenvalue weighted by Crippen LogP contribution is 2.21. The Labute approximate surface area is 141 Å². The molecule has 2 aromatic carbocycles. The third-order valence-corrected chi connectivity index (χ3v) is 4.21. The topological polar surface area (TPSA) is 66.9 Å². The van der Waals surface area contributed by atoms with Gasteiger partial charge in [0, 0.05) is 29.2 Å². The molecule has 0 bridgehead atoms. The predicted molar refractivity (Wildman–Crippen MR) is 91.2 cm³/mol. The van der Waals surface area contributed by atoms with Gasteiger partial charge < -0.3 is 10.3 Å². The number of carbonyl (C=O) groups excluding carboxylic acids is 1. The third kappa shape index (κ3) is 3.11. The standard InChI is InChI=1S/C16H13Cl2N3O2/c1-21-14-5-3-9(6-13(14)20-16(21)23)15(22)19-8-10-2-4-11(17)7-12(10)18/h2-7H,8H2,1H3,(H,19,22)(H,20,23). The van der Waals surface area contributed by atoms with Gasteiger partial charge >= 0.3 is 5.69 Å². The Hall–Kier alpha value is -2.24. The van der Waals surface area contributed by atoms with Crippen LogP contribution >= 0.6 is 23.2 Å². The molecule has 23 heavy (non-hydrogen) atoms. The first-order chi connectivity index (χ1) is 11.0. The first-order valence-electron chi connectivity index (χ1n) is 6.86. The molecule has 7 heteroatoms. The number of nitrogens with one attached hydrogen (secondary N) is 2. The summed E-state index contributed by atoms with van der Waals surface area (Å²) in [5.74, 6) is -0.248. The highest BCUT2D eigenvalue weighted by Gasteiger charge is 2.10. The summed E-state index contributed by atoms with van der Waals surface area (Å²) in [7, 11) is 1.67. The van der Waals surface area contributed by atoms with Crippen molar-refractivity contribution in [1.82, 2.24) is 14.9 Å². The molecule has 1 aromatic heterocycles. The van der Waals surface area contributed by atoms with Gasteiger partial charge in [-0.25, -0.2) is 4.79 Å². The molecular weight excluding hydrogens is 337 g/mol. The number of hydrogen-bond acceptors (Lipinski definition) is 2. The van der Waals surface area contributed by atoms with Crippen molar-refractivity contribution >= 4 is 40.1 Å². The zero-order chi connectivity index (χ0) is 16.6. The zero-order valence-corrected chi connectivity index (χ0v) is 13.7. The molecule has 3 rings (SSSR count). The van der Waals surface area contributed by atoms with Crippen molar-refractivity contribution in [2.24, 2.45) is 7.05 Å². The van der Waals surface area contributed by atoms with Crippen LogP contribution in [0.2, 0.25) is 10.0 Å². The van der Waals surface area contributed by atoms with Gasteiger partial charge in [0.25, 0.3) is 5.91 Å². The first-order valence-corrected chi connectivity index (χ1v) is 7.62. The summed E-state index contributed by atoms with van der Waals surface area (Å²) in [6.45, 7) is 0.290. The molecule has 0 aliphatic heterocycles. The van der Waals surface area contributed by atoms with Gasteiger partial charge in [-0.05, 0) is 35.9 Å². The number of H-pyrrole nitrogens is 1. The highest BCUT2D eigenvalue weighted by molar-refractivity contribution is 6.35. The number of nitrogens with zero attached hydrogens (tertiary/aromatic N) is 1. The number of carbonyl (C=O) groups is 1. The predicted octanol–water partition coefficient (Wildman–Crippen LogP) is 3.10. The summed E-state index contributed by atoms with van der Waals surface area (Å²) in [5.41, 5.74) is 2.38. The summed E-state index contributed by atoms with van der Waals surface area (Å²) in [5, 5.41) is 3.84. The van der Waals surface area contributed by atoms with Crippen LogP contribution < -0.4 is 11.0 Å². The van der Waals surface area contributed by atoms with Crippen LogP contribution in [-0.2, 0) is 13.6 Å². The maximum Gasteiger partial charge on any atom is 0.326 e. The summed E-state index contributed by atoms with van der Waals surface area (Å²) in [6.07, 6.45) is 0. The van der Waals surface area contributed by atoms with E-state index in [-0.39, 0.29) is 18.1 Å². The lowest BCUT2D eigenvalue weighted by Gasteiger charge is -2.07. The molecule has 118 valence electrons. The Bertz CT molecular complexity index is 960. The Morgan fingerprint density at radius 2 is 2.00 bits per heavy atom. The number of amides is 1. The van der Waals surface area contributed by atoms with Crippen LogP contribution in [-0.4, -0.2) is 15.5 Å². The van der Waals surface area contributed by atoms with Crippen molar-refractivity contribution < 1.29 is 4.79 Å². The van der Waals surface area contributed by atoms with Crippen molar-refractivity contribution in [1.29, 1.82) is 0 Å². The van der Waals surface area contributed by atoms with Crippen LogP contribution in [0.5, 0.6) is 0 Å². The normalized spacial score (nSPS) is 10.9. The quantitative estimate of drug-likeness (QED) is 0.762. The van der Waals surface area contributed by atoms with Crippen molar-refractivity contribution in [2.75, 3.05) is 0 Å². The van der Waals surface area contributed by atoms with E-state index >= 15 is 0 Å². The molecule has 0 saturated heterocycles. The number of aromatic amines is 1. The molecule has 1 heterocycles. The Morgan fingerprint density at radius 3 is 2.74 bits per heavy atom. The molecule has 1 amide bonds. The minimum atomic E-state index is -0.248. The van der Waals surface area contributed by atoms with Crippen molar-refractivity contribution in [3.8, 4) is 0 Å². The number of halogens is 2. The molecule has 2 N–H and O–H groups in total. The second-order valence-electron chi connectivity index (χ2n) is 5.14. The number of aromatic nitrogens is 2. The molecule has 0 spiro atoms. The molecule has 0 unspecified atom stereocenters. The number of aryl methyl sites for hydroxylation is 1. The fourth-order valence-electron chi connectivity index (χ4n) is 2.32. The van der Waals surface area contributed by atoms with Crippen LogP contribution in [0.15, 0.2) is 41.2 Å². The SMILES string of the molecule is Cn1c(=O)[nH]c2cc(C(=O)NCc3ccc(Cl)cc3Cl)ccc21. The Morgan fingerprint density at radius 1 is 1.22 bits per heavy atom. The Balaban J connectivity index is 1.79. The number of benzene rings is 2. The summed E-state index contributed by atoms with van der Waals surface area (Å²) < 4.78 is 1.49. The van der Waals surface area contributed by atoms with Crippen LogP contribution in [0.25, 0.3) is 11.0 Å². The van der Waals surface area contributed by atoms with Gasteiger partial charge in [-0.15, -0.1) is 0 Å². The van der Waals surface area contributed by atoms with Crippen molar-refractivity contribution in [3.63, 3.8) is 0 Å². The monoisotopic (exact) mass is 349 g/mol. The summed E-state index contributed by atoms with van der Waals surface area (Å²) in [6, 6.07) is 10.2. The van der Waals surface area contributed by atoms with Crippen molar-refractivity contribution in [2.45, 2.75) is 6.54 Å². The van der Waals surface area contributed by atoms with E-state index in [9.17, 15) is 9.59 Å². The largest absolute Gasteiger partial charge is 0.348 e. The second kappa shape index (κ2) is 6.10. The summed E-state index contributed by atoms with van der Waals surface area (Å²) >= 11 is 11.9. The average Bonchev–Trinajstić information content (AvgIpc) is 2.80. The smallest absolute Gasteiger partial charge is 0.326 e. The van der Waals surface area contributed by atoms with Gasteiger partial charge in [-0.1, -0.05) is 29.3 Å². The minimum Gasteiger partial charge on any atom is -0.348 e. The fraction of sp³-hybridized carbons (Fsp3) is 0.125.